The van der Waals surface area contributed by atoms with Crippen molar-refractivity contribution in [3.05, 3.63) is 0 Å². The Morgan fingerprint density at radius 3 is 2.65 bits per heavy atom. The SMILES string of the molecule is C#CC(CCC)NC(=O)[C@@H]1CCC[C@@H]1C(=O)O. The summed E-state index contributed by atoms with van der Waals surface area (Å²) in [7, 11) is 0. The molecule has 94 valence electrons. The molecule has 1 aliphatic carbocycles. The number of hydrogen-bond donors (Lipinski definition) is 2. The number of nitrogens with one attached hydrogen (secondary N) is 1. The predicted octanol–water partition coefficient (Wildman–Crippen LogP) is 1.41. The zero-order chi connectivity index (χ0) is 12.8. The van der Waals surface area contributed by atoms with E-state index in [1.165, 1.54) is 0 Å². The largest absolute Gasteiger partial charge is 0.481 e. The molecule has 4 heteroatoms. The molecular formula is C13H19NO3. The van der Waals surface area contributed by atoms with Gasteiger partial charge in [-0.2, -0.15) is 0 Å². The van der Waals surface area contributed by atoms with E-state index in [4.69, 9.17) is 11.5 Å². The van der Waals surface area contributed by atoms with Crippen LogP contribution in [0.15, 0.2) is 0 Å². The lowest BCUT2D eigenvalue weighted by molar-refractivity contribution is -0.146. The molecule has 0 bridgehead atoms. The monoisotopic (exact) mass is 237 g/mol. The number of amides is 1. The molecule has 1 rings (SSSR count). The fraction of sp³-hybridized carbons (Fsp3) is 0.692. The van der Waals surface area contributed by atoms with Gasteiger partial charge < -0.3 is 10.4 Å². The van der Waals surface area contributed by atoms with Gasteiger partial charge in [-0.3, -0.25) is 9.59 Å². The molecule has 17 heavy (non-hydrogen) atoms. The molecule has 0 spiro atoms. The van der Waals surface area contributed by atoms with Crippen LogP contribution in [-0.2, 0) is 9.59 Å². The number of carbonyl (C=O) groups is 2. The van der Waals surface area contributed by atoms with Gasteiger partial charge >= 0.3 is 5.97 Å². The second kappa shape index (κ2) is 6.29. The summed E-state index contributed by atoms with van der Waals surface area (Å²) in [6.07, 6.45) is 8.96. The van der Waals surface area contributed by atoms with Crippen molar-refractivity contribution < 1.29 is 14.7 Å². The first kappa shape index (κ1) is 13.6. The van der Waals surface area contributed by atoms with Gasteiger partial charge in [0.15, 0.2) is 0 Å². The summed E-state index contributed by atoms with van der Waals surface area (Å²) in [6.45, 7) is 1.99. The highest BCUT2D eigenvalue weighted by molar-refractivity contribution is 5.85. The second-order valence-electron chi connectivity index (χ2n) is 4.50. The Morgan fingerprint density at radius 1 is 1.47 bits per heavy atom. The summed E-state index contributed by atoms with van der Waals surface area (Å²) >= 11 is 0. The smallest absolute Gasteiger partial charge is 0.307 e. The zero-order valence-electron chi connectivity index (χ0n) is 10.1. The van der Waals surface area contributed by atoms with E-state index in [1.54, 1.807) is 0 Å². The van der Waals surface area contributed by atoms with Crippen molar-refractivity contribution in [1.82, 2.24) is 5.32 Å². The summed E-state index contributed by atoms with van der Waals surface area (Å²) in [5.41, 5.74) is 0. The van der Waals surface area contributed by atoms with Gasteiger partial charge in [0.25, 0.3) is 0 Å². The Kier molecular flexibility index (Phi) is 5.02. The Bertz CT molecular complexity index is 332. The van der Waals surface area contributed by atoms with Crippen molar-refractivity contribution in [2.45, 2.75) is 45.1 Å². The molecule has 0 heterocycles. The Hall–Kier alpha value is -1.50. The van der Waals surface area contributed by atoms with Crippen molar-refractivity contribution in [3.8, 4) is 12.3 Å². The van der Waals surface area contributed by atoms with Gasteiger partial charge in [0.1, 0.15) is 0 Å². The minimum Gasteiger partial charge on any atom is -0.481 e. The van der Waals surface area contributed by atoms with Crippen molar-refractivity contribution in [2.75, 3.05) is 0 Å². The summed E-state index contributed by atoms with van der Waals surface area (Å²) < 4.78 is 0. The van der Waals surface area contributed by atoms with Gasteiger partial charge in [0.05, 0.1) is 17.9 Å². The van der Waals surface area contributed by atoms with E-state index in [1.807, 2.05) is 6.92 Å². The van der Waals surface area contributed by atoms with Gasteiger partial charge in [-0.15, -0.1) is 6.42 Å². The molecule has 1 saturated carbocycles. The fourth-order valence-electron chi connectivity index (χ4n) is 2.33. The van der Waals surface area contributed by atoms with Crippen LogP contribution in [0.1, 0.15) is 39.0 Å². The van der Waals surface area contributed by atoms with E-state index < -0.39 is 17.8 Å². The number of hydrogen-bond acceptors (Lipinski definition) is 2. The normalized spacial score (nSPS) is 24.9. The first-order chi connectivity index (χ1) is 8.10. The number of carbonyl (C=O) groups excluding carboxylic acids is 1. The third-order valence-electron chi connectivity index (χ3n) is 3.26. The maximum absolute atomic E-state index is 11.9. The Balaban J connectivity index is 2.57. The van der Waals surface area contributed by atoms with E-state index in [2.05, 4.69) is 11.2 Å². The molecule has 0 saturated heterocycles. The Labute approximate surface area is 102 Å². The van der Waals surface area contributed by atoms with Crippen LogP contribution in [-0.4, -0.2) is 23.0 Å². The number of aliphatic carboxylic acids is 1. The van der Waals surface area contributed by atoms with Crippen molar-refractivity contribution in [3.63, 3.8) is 0 Å². The highest BCUT2D eigenvalue weighted by Gasteiger charge is 2.38. The van der Waals surface area contributed by atoms with Gasteiger partial charge in [-0.25, -0.2) is 0 Å². The quantitative estimate of drug-likeness (QED) is 0.710. The van der Waals surface area contributed by atoms with Crippen LogP contribution < -0.4 is 5.32 Å². The van der Waals surface area contributed by atoms with Crippen LogP contribution in [0.2, 0.25) is 0 Å². The summed E-state index contributed by atoms with van der Waals surface area (Å²) in [6, 6.07) is -0.275. The molecule has 0 aromatic heterocycles. The highest BCUT2D eigenvalue weighted by atomic mass is 16.4. The van der Waals surface area contributed by atoms with Gasteiger partial charge in [-0.1, -0.05) is 25.7 Å². The van der Waals surface area contributed by atoms with Gasteiger partial charge in [-0.05, 0) is 19.3 Å². The molecule has 1 aliphatic rings. The number of carboxylic acid groups (broad SMARTS) is 1. The standard InChI is InChI=1S/C13H19NO3/c1-3-6-9(4-2)14-12(15)10-7-5-8-11(10)13(16)17/h2,9-11H,3,5-8H2,1H3,(H,14,15)(H,16,17)/t9?,10-,11+/m1/s1. The van der Waals surface area contributed by atoms with Crippen molar-refractivity contribution in [1.29, 1.82) is 0 Å². The lowest BCUT2D eigenvalue weighted by Gasteiger charge is -2.18. The van der Waals surface area contributed by atoms with Crippen molar-refractivity contribution in [2.24, 2.45) is 11.8 Å². The zero-order valence-corrected chi connectivity index (χ0v) is 10.1. The third-order valence-corrected chi connectivity index (χ3v) is 3.26. The predicted molar refractivity (Wildman–Crippen MR) is 64.1 cm³/mol. The lowest BCUT2D eigenvalue weighted by atomic mass is 9.95. The van der Waals surface area contributed by atoms with E-state index in [-0.39, 0.29) is 11.9 Å². The molecule has 2 N–H and O–H groups in total. The molecule has 1 unspecified atom stereocenters. The molecule has 0 aliphatic heterocycles. The van der Waals surface area contributed by atoms with E-state index in [9.17, 15) is 9.59 Å². The number of terminal acetylenes is 1. The van der Waals surface area contributed by atoms with E-state index >= 15 is 0 Å². The molecule has 3 atom stereocenters. The van der Waals surface area contributed by atoms with Crippen molar-refractivity contribution >= 4 is 11.9 Å². The minimum absolute atomic E-state index is 0.202. The maximum Gasteiger partial charge on any atom is 0.307 e. The van der Waals surface area contributed by atoms with Gasteiger partial charge in [0.2, 0.25) is 5.91 Å². The average Bonchev–Trinajstić information content (AvgIpc) is 2.77. The maximum atomic E-state index is 11.9. The lowest BCUT2D eigenvalue weighted by Crippen LogP contribution is -2.40. The first-order valence-corrected chi connectivity index (χ1v) is 6.09. The summed E-state index contributed by atoms with van der Waals surface area (Å²) in [4.78, 5) is 22.9. The average molecular weight is 237 g/mol. The third kappa shape index (κ3) is 3.48. The van der Waals surface area contributed by atoms with E-state index in [0.717, 1.165) is 19.3 Å². The summed E-state index contributed by atoms with van der Waals surface area (Å²) in [5, 5.41) is 11.8. The fourth-order valence-corrected chi connectivity index (χ4v) is 2.33. The number of carboxylic acids is 1. The van der Waals surface area contributed by atoms with E-state index in [0.29, 0.717) is 12.8 Å². The topological polar surface area (TPSA) is 66.4 Å². The molecular weight excluding hydrogens is 218 g/mol. The van der Waals surface area contributed by atoms with Gasteiger partial charge in [0, 0.05) is 0 Å². The molecule has 1 fully saturated rings. The van der Waals surface area contributed by atoms with Crippen LogP contribution in [0.5, 0.6) is 0 Å². The van der Waals surface area contributed by atoms with Crippen LogP contribution in [0.25, 0.3) is 0 Å². The minimum atomic E-state index is -0.879. The highest BCUT2D eigenvalue weighted by Crippen LogP contribution is 2.32. The van der Waals surface area contributed by atoms with Crippen LogP contribution in [0.3, 0.4) is 0 Å². The van der Waals surface area contributed by atoms with Crippen LogP contribution in [0.4, 0.5) is 0 Å². The summed E-state index contributed by atoms with van der Waals surface area (Å²) in [5.74, 6) is 0.478. The molecule has 1 amide bonds. The van der Waals surface area contributed by atoms with Crippen LogP contribution >= 0.6 is 0 Å². The Morgan fingerprint density at radius 2 is 2.12 bits per heavy atom. The first-order valence-electron chi connectivity index (χ1n) is 6.09. The molecule has 4 nitrogen and oxygen atoms in total. The second-order valence-corrected chi connectivity index (χ2v) is 4.50. The molecule has 0 radical (unpaired) electrons. The molecule has 0 aromatic carbocycles. The number of rotatable bonds is 5. The van der Waals surface area contributed by atoms with Crippen LogP contribution in [0, 0.1) is 24.2 Å². The molecule has 0 aromatic rings.